The normalized spacial score (nSPS) is 14.6. The SMILES string of the molecule is O=C(NCCC(c1ccccc1)c1ccccc1)C1CNC1. The van der Waals surface area contributed by atoms with Gasteiger partial charge in [-0.3, -0.25) is 4.79 Å². The molecule has 1 heterocycles. The third-order valence-electron chi connectivity index (χ3n) is 4.29. The topological polar surface area (TPSA) is 41.1 Å². The van der Waals surface area contributed by atoms with Crippen molar-refractivity contribution in [3.05, 3.63) is 71.8 Å². The summed E-state index contributed by atoms with van der Waals surface area (Å²) in [5, 5.41) is 6.21. The van der Waals surface area contributed by atoms with Crippen LogP contribution < -0.4 is 10.6 Å². The van der Waals surface area contributed by atoms with Gasteiger partial charge in [0.05, 0.1) is 5.92 Å². The van der Waals surface area contributed by atoms with Gasteiger partial charge in [-0.2, -0.15) is 0 Å². The minimum atomic E-state index is 0.159. The molecule has 0 unspecified atom stereocenters. The van der Waals surface area contributed by atoms with Crippen molar-refractivity contribution in [1.82, 2.24) is 10.6 Å². The average Bonchev–Trinajstić information content (AvgIpc) is 2.51. The molecular formula is C19H22N2O. The smallest absolute Gasteiger partial charge is 0.225 e. The molecule has 22 heavy (non-hydrogen) atoms. The Morgan fingerprint density at radius 1 is 1.00 bits per heavy atom. The third kappa shape index (κ3) is 3.55. The molecule has 2 aromatic carbocycles. The number of rotatable bonds is 6. The second-order valence-electron chi connectivity index (χ2n) is 5.81. The molecule has 0 saturated carbocycles. The summed E-state index contributed by atoms with van der Waals surface area (Å²) in [6.07, 6.45) is 0.917. The maximum atomic E-state index is 11.9. The Morgan fingerprint density at radius 3 is 2.00 bits per heavy atom. The Balaban J connectivity index is 1.65. The van der Waals surface area contributed by atoms with E-state index >= 15 is 0 Å². The van der Waals surface area contributed by atoms with E-state index in [9.17, 15) is 4.79 Å². The average molecular weight is 294 g/mol. The van der Waals surface area contributed by atoms with Crippen LogP contribution in [-0.2, 0) is 4.79 Å². The summed E-state index contributed by atoms with van der Waals surface area (Å²) in [6, 6.07) is 21.0. The van der Waals surface area contributed by atoms with Crippen LogP contribution >= 0.6 is 0 Å². The first-order valence-electron chi connectivity index (χ1n) is 7.93. The van der Waals surface area contributed by atoms with Gasteiger partial charge in [-0.25, -0.2) is 0 Å². The molecule has 0 bridgehead atoms. The number of carbonyl (C=O) groups excluding carboxylic acids is 1. The molecule has 1 fully saturated rings. The molecule has 3 nitrogen and oxygen atoms in total. The van der Waals surface area contributed by atoms with Crippen LogP contribution in [0.5, 0.6) is 0 Å². The molecule has 2 N–H and O–H groups in total. The van der Waals surface area contributed by atoms with Crippen molar-refractivity contribution in [3.8, 4) is 0 Å². The van der Waals surface area contributed by atoms with Crippen LogP contribution in [0.4, 0.5) is 0 Å². The lowest BCUT2D eigenvalue weighted by Gasteiger charge is -2.26. The van der Waals surface area contributed by atoms with E-state index < -0.39 is 0 Å². The van der Waals surface area contributed by atoms with Crippen LogP contribution in [0.25, 0.3) is 0 Å². The minimum Gasteiger partial charge on any atom is -0.356 e. The number of nitrogens with one attached hydrogen (secondary N) is 2. The quantitative estimate of drug-likeness (QED) is 0.859. The Hall–Kier alpha value is -2.13. The summed E-state index contributed by atoms with van der Waals surface area (Å²) in [6.45, 7) is 2.34. The number of hydrogen-bond donors (Lipinski definition) is 2. The first-order valence-corrected chi connectivity index (χ1v) is 7.93. The van der Waals surface area contributed by atoms with Gasteiger partial charge in [-0.15, -0.1) is 0 Å². The number of carbonyl (C=O) groups is 1. The highest BCUT2D eigenvalue weighted by molar-refractivity contribution is 5.79. The predicted octanol–water partition coefficient (Wildman–Crippen LogP) is 2.54. The summed E-state index contributed by atoms with van der Waals surface area (Å²) in [5.74, 6) is 0.660. The molecular weight excluding hydrogens is 272 g/mol. The highest BCUT2D eigenvalue weighted by atomic mass is 16.2. The summed E-state index contributed by atoms with van der Waals surface area (Å²) >= 11 is 0. The fourth-order valence-electron chi connectivity index (χ4n) is 2.85. The molecule has 1 aliphatic heterocycles. The second-order valence-corrected chi connectivity index (χ2v) is 5.81. The van der Waals surface area contributed by atoms with E-state index in [1.807, 2.05) is 12.1 Å². The van der Waals surface area contributed by atoms with E-state index in [0.29, 0.717) is 12.5 Å². The van der Waals surface area contributed by atoms with Crippen LogP contribution in [0, 0.1) is 5.92 Å². The van der Waals surface area contributed by atoms with Gasteiger partial charge in [-0.1, -0.05) is 60.7 Å². The lowest BCUT2D eigenvalue weighted by atomic mass is 9.88. The highest BCUT2D eigenvalue weighted by Crippen LogP contribution is 2.27. The van der Waals surface area contributed by atoms with Gasteiger partial charge in [0.15, 0.2) is 0 Å². The van der Waals surface area contributed by atoms with E-state index in [0.717, 1.165) is 19.5 Å². The zero-order chi connectivity index (χ0) is 15.2. The van der Waals surface area contributed by atoms with Gasteiger partial charge >= 0.3 is 0 Å². The third-order valence-corrected chi connectivity index (χ3v) is 4.29. The highest BCUT2D eigenvalue weighted by Gasteiger charge is 2.24. The van der Waals surface area contributed by atoms with Crippen molar-refractivity contribution in [3.63, 3.8) is 0 Å². The zero-order valence-electron chi connectivity index (χ0n) is 12.7. The summed E-state index contributed by atoms with van der Waals surface area (Å²) in [4.78, 5) is 11.9. The van der Waals surface area contributed by atoms with Crippen LogP contribution in [-0.4, -0.2) is 25.5 Å². The molecule has 3 heteroatoms. The Labute approximate surface area is 131 Å². The molecule has 1 amide bonds. The Morgan fingerprint density at radius 2 is 1.55 bits per heavy atom. The maximum absolute atomic E-state index is 11.9. The van der Waals surface area contributed by atoms with Crippen molar-refractivity contribution in [2.45, 2.75) is 12.3 Å². The van der Waals surface area contributed by atoms with Crippen molar-refractivity contribution in [1.29, 1.82) is 0 Å². The monoisotopic (exact) mass is 294 g/mol. The zero-order valence-corrected chi connectivity index (χ0v) is 12.7. The van der Waals surface area contributed by atoms with Crippen molar-refractivity contribution in [2.75, 3.05) is 19.6 Å². The van der Waals surface area contributed by atoms with Crippen LogP contribution in [0.1, 0.15) is 23.5 Å². The van der Waals surface area contributed by atoms with E-state index in [4.69, 9.17) is 0 Å². The fourth-order valence-corrected chi connectivity index (χ4v) is 2.85. The van der Waals surface area contributed by atoms with Gasteiger partial charge < -0.3 is 10.6 Å². The number of amides is 1. The fraction of sp³-hybridized carbons (Fsp3) is 0.316. The Bertz CT molecular complexity index is 554. The Kier molecular flexibility index (Phi) is 4.86. The predicted molar refractivity (Wildman–Crippen MR) is 88.7 cm³/mol. The first kappa shape index (κ1) is 14.8. The lowest BCUT2D eigenvalue weighted by molar-refractivity contribution is -0.126. The summed E-state index contributed by atoms with van der Waals surface area (Å²) in [5.41, 5.74) is 2.60. The molecule has 114 valence electrons. The van der Waals surface area contributed by atoms with E-state index in [1.54, 1.807) is 0 Å². The molecule has 1 aliphatic rings. The molecule has 0 aromatic heterocycles. The minimum absolute atomic E-state index is 0.159. The largest absolute Gasteiger partial charge is 0.356 e. The molecule has 0 atom stereocenters. The molecule has 1 saturated heterocycles. The second kappa shape index (κ2) is 7.23. The van der Waals surface area contributed by atoms with Crippen molar-refractivity contribution >= 4 is 5.91 Å². The standard InChI is InChI=1S/C19H22N2O/c22-19(17-13-20-14-17)21-12-11-18(15-7-3-1-4-8-15)16-9-5-2-6-10-16/h1-10,17-18,20H,11-14H2,(H,21,22). The van der Waals surface area contributed by atoms with Crippen LogP contribution in [0.2, 0.25) is 0 Å². The van der Waals surface area contributed by atoms with Gasteiger partial charge in [-0.05, 0) is 17.5 Å². The van der Waals surface area contributed by atoms with Gasteiger partial charge in [0.2, 0.25) is 5.91 Å². The lowest BCUT2D eigenvalue weighted by Crippen LogP contribution is -2.50. The molecule has 0 spiro atoms. The van der Waals surface area contributed by atoms with Crippen LogP contribution in [0.3, 0.4) is 0 Å². The van der Waals surface area contributed by atoms with Crippen molar-refractivity contribution in [2.24, 2.45) is 5.92 Å². The first-order chi connectivity index (χ1) is 10.8. The molecule has 3 rings (SSSR count). The molecule has 2 aromatic rings. The number of hydrogen-bond acceptors (Lipinski definition) is 2. The van der Waals surface area contributed by atoms with Gasteiger partial charge in [0.25, 0.3) is 0 Å². The van der Waals surface area contributed by atoms with E-state index in [1.165, 1.54) is 11.1 Å². The van der Waals surface area contributed by atoms with Crippen molar-refractivity contribution < 1.29 is 4.79 Å². The van der Waals surface area contributed by atoms with Gasteiger partial charge in [0.1, 0.15) is 0 Å². The summed E-state index contributed by atoms with van der Waals surface area (Å²) < 4.78 is 0. The van der Waals surface area contributed by atoms with Crippen LogP contribution in [0.15, 0.2) is 60.7 Å². The molecule has 0 aliphatic carbocycles. The maximum Gasteiger partial charge on any atom is 0.225 e. The van der Waals surface area contributed by atoms with E-state index in [2.05, 4.69) is 59.2 Å². The van der Waals surface area contributed by atoms with E-state index in [-0.39, 0.29) is 11.8 Å². The number of benzene rings is 2. The molecule has 0 radical (unpaired) electrons. The van der Waals surface area contributed by atoms with Gasteiger partial charge in [0, 0.05) is 25.6 Å². The summed E-state index contributed by atoms with van der Waals surface area (Å²) in [7, 11) is 0.